The van der Waals surface area contributed by atoms with Crippen molar-refractivity contribution in [1.82, 2.24) is 15.3 Å². The summed E-state index contributed by atoms with van der Waals surface area (Å²) < 4.78 is 0. The molecule has 0 aromatic carbocycles. The lowest BCUT2D eigenvalue weighted by Crippen LogP contribution is -2.30. The number of anilines is 2. The third-order valence-corrected chi connectivity index (χ3v) is 2.63. The van der Waals surface area contributed by atoms with Gasteiger partial charge in [-0.15, -0.1) is 0 Å². The second-order valence-corrected chi connectivity index (χ2v) is 4.16. The summed E-state index contributed by atoms with van der Waals surface area (Å²) in [6.45, 7) is 6.68. The van der Waals surface area contributed by atoms with Crippen molar-refractivity contribution < 1.29 is 4.79 Å². The molecular formula is C12H22N6O. The van der Waals surface area contributed by atoms with Crippen molar-refractivity contribution in [2.24, 2.45) is 5.84 Å². The van der Waals surface area contributed by atoms with Gasteiger partial charge in [0.05, 0.1) is 6.54 Å². The molecule has 0 aliphatic carbocycles. The predicted octanol–water partition coefficient (Wildman–Crippen LogP) is 0.571. The Balaban J connectivity index is 2.74. The summed E-state index contributed by atoms with van der Waals surface area (Å²) in [7, 11) is 0. The fraction of sp³-hybridized carbons (Fsp3) is 0.583. The zero-order valence-corrected chi connectivity index (χ0v) is 11.7. The van der Waals surface area contributed by atoms with E-state index in [1.165, 1.54) is 0 Å². The van der Waals surface area contributed by atoms with E-state index in [1.807, 2.05) is 20.8 Å². The molecule has 0 saturated carbocycles. The number of hydrogen-bond donors (Lipinski definition) is 4. The van der Waals surface area contributed by atoms with Crippen LogP contribution in [-0.2, 0) is 11.2 Å². The molecular weight excluding hydrogens is 244 g/mol. The van der Waals surface area contributed by atoms with Crippen LogP contribution in [0.1, 0.15) is 31.7 Å². The second-order valence-electron chi connectivity index (χ2n) is 4.16. The Kier molecular flexibility index (Phi) is 6.01. The zero-order chi connectivity index (χ0) is 14.3. The number of nitrogens with two attached hydrogens (primary N) is 1. The van der Waals surface area contributed by atoms with Crippen LogP contribution in [0.15, 0.2) is 0 Å². The average Bonchev–Trinajstić information content (AvgIpc) is 2.43. The third-order valence-electron chi connectivity index (χ3n) is 2.63. The van der Waals surface area contributed by atoms with Crippen LogP contribution in [0, 0.1) is 6.92 Å². The highest BCUT2D eigenvalue weighted by Crippen LogP contribution is 2.18. The number of rotatable bonds is 7. The van der Waals surface area contributed by atoms with Gasteiger partial charge >= 0.3 is 0 Å². The van der Waals surface area contributed by atoms with E-state index in [0.29, 0.717) is 30.4 Å². The summed E-state index contributed by atoms with van der Waals surface area (Å²) in [4.78, 5) is 20.2. The quantitative estimate of drug-likeness (QED) is 0.425. The van der Waals surface area contributed by atoms with Gasteiger partial charge in [0, 0.05) is 18.5 Å². The van der Waals surface area contributed by atoms with Crippen LogP contribution in [0.25, 0.3) is 0 Å². The molecule has 0 unspecified atom stereocenters. The maximum absolute atomic E-state index is 11.5. The van der Waals surface area contributed by atoms with Gasteiger partial charge in [-0.25, -0.2) is 15.8 Å². The first-order valence-electron chi connectivity index (χ1n) is 6.47. The monoisotopic (exact) mass is 266 g/mol. The molecule has 5 N–H and O–H groups in total. The minimum Gasteiger partial charge on any atom is -0.361 e. The van der Waals surface area contributed by atoms with Crippen molar-refractivity contribution in [1.29, 1.82) is 0 Å². The van der Waals surface area contributed by atoms with Crippen molar-refractivity contribution in [2.75, 3.05) is 23.8 Å². The van der Waals surface area contributed by atoms with Crippen LogP contribution in [0.2, 0.25) is 0 Å². The molecule has 1 amide bonds. The minimum absolute atomic E-state index is 0.0554. The molecule has 0 aliphatic heterocycles. The number of carbonyl (C=O) groups is 1. The first-order chi connectivity index (χ1) is 9.12. The molecule has 0 atom stereocenters. The van der Waals surface area contributed by atoms with Gasteiger partial charge in [0.15, 0.2) is 0 Å². The van der Waals surface area contributed by atoms with E-state index in [-0.39, 0.29) is 12.5 Å². The lowest BCUT2D eigenvalue weighted by molar-refractivity contribution is -0.119. The lowest BCUT2D eigenvalue weighted by atomic mass is 10.3. The molecule has 1 rings (SSSR count). The molecule has 1 heterocycles. The zero-order valence-electron chi connectivity index (χ0n) is 11.7. The molecule has 7 nitrogen and oxygen atoms in total. The van der Waals surface area contributed by atoms with Crippen molar-refractivity contribution in [3.8, 4) is 0 Å². The maximum Gasteiger partial charge on any atom is 0.239 e. The van der Waals surface area contributed by atoms with Crippen molar-refractivity contribution in [3.05, 3.63) is 11.4 Å². The Morgan fingerprint density at radius 3 is 2.53 bits per heavy atom. The summed E-state index contributed by atoms with van der Waals surface area (Å²) in [5.41, 5.74) is 3.34. The largest absolute Gasteiger partial charge is 0.361 e. The molecule has 0 aliphatic rings. The molecule has 1 aromatic heterocycles. The van der Waals surface area contributed by atoms with Gasteiger partial charge in [0.1, 0.15) is 17.5 Å². The molecule has 0 spiro atoms. The van der Waals surface area contributed by atoms with E-state index in [0.717, 1.165) is 12.0 Å². The van der Waals surface area contributed by atoms with Gasteiger partial charge in [0.25, 0.3) is 0 Å². The molecule has 0 radical (unpaired) electrons. The van der Waals surface area contributed by atoms with Gasteiger partial charge in [-0.1, -0.05) is 13.8 Å². The molecule has 19 heavy (non-hydrogen) atoms. The van der Waals surface area contributed by atoms with Crippen LogP contribution in [0.4, 0.5) is 11.6 Å². The summed E-state index contributed by atoms with van der Waals surface area (Å²) in [5.74, 6) is 7.24. The van der Waals surface area contributed by atoms with Gasteiger partial charge < -0.3 is 16.1 Å². The SMILES string of the molecule is CCCNC(=O)CNc1nc(CC)nc(NN)c1C. The summed E-state index contributed by atoms with van der Waals surface area (Å²) in [6.07, 6.45) is 1.62. The summed E-state index contributed by atoms with van der Waals surface area (Å²) in [5, 5.41) is 5.81. The smallest absolute Gasteiger partial charge is 0.239 e. The predicted molar refractivity (Wildman–Crippen MR) is 75.7 cm³/mol. The Bertz CT molecular complexity index is 434. The van der Waals surface area contributed by atoms with E-state index < -0.39 is 0 Å². The summed E-state index contributed by atoms with van der Waals surface area (Å²) in [6, 6.07) is 0. The Hall–Kier alpha value is -1.89. The topological polar surface area (TPSA) is 105 Å². The highest BCUT2D eigenvalue weighted by Gasteiger charge is 2.10. The van der Waals surface area contributed by atoms with E-state index in [2.05, 4.69) is 26.0 Å². The van der Waals surface area contributed by atoms with Crippen LogP contribution in [0.3, 0.4) is 0 Å². The molecule has 0 fully saturated rings. The molecule has 0 bridgehead atoms. The highest BCUT2D eigenvalue weighted by atomic mass is 16.1. The average molecular weight is 266 g/mol. The number of aryl methyl sites for hydroxylation is 1. The number of hydrogen-bond acceptors (Lipinski definition) is 6. The molecule has 106 valence electrons. The number of hydrazine groups is 1. The van der Waals surface area contributed by atoms with E-state index in [1.54, 1.807) is 0 Å². The van der Waals surface area contributed by atoms with Crippen LogP contribution < -0.4 is 21.9 Å². The van der Waals surface area contributed by atoms with Crippen molar-refractivity contribution in [3.63, 3.8) is 0 Å². The first kappa shape index (κ1) is 15.2. The van der Waals surface area contributed by atoms with Crippen molar-refractivity contribution >= 4 is 17.5 Å². The minimum atomic E-state index is -0.0554. The Morgan fingerprint density at radius 1 is 1.26 bits per heavy atom. The van der Waals surface area contributed by atoms with Gasteiger partial charge in [-0.2, -0.15) is 0 Å². The number of aromatic nitrogens is 2. The van der Waals surface area contributed by atoms with E-state index >= 15 is 0 Å². The van der Waals surface area contributed by atoms with Crippen molar-refractivity contribution in [2.45, 2.75) is 33.6 Å². The molecule has 7 heteroatoms. The second kappa shape index (κ2) is 7.52. The van der Waals surface area contributed by atoms with Crippen LogP contribution >= 0.6 is 0 Å². The highest BCUT2D eigenvalue weighted by molar-refractivity contribution is 5.80. The van der Waals surface area contributed by atoms with Gasteiger partial charge in [-0.3, -0.25) is 4.79 Å². The lowest BCUT2D eigenvalue weighted by Gasteiger charge is -2.13. The number of carbonyl (C=O) groups excluding carboxylic acids is 1. The van der Waals surface area contributed by atoms with E-state index in [4.69, 9.17) is 5.84 Å². The first-order valence-corrected chi connectivity index (χ1v) is 6.47. The third kappa shape index (κ3) is 4.36. The standard InChI is InChI=1S/C12H22N6O/c1-4-6-14-10(19)7-15-11-8(3)12(18-13)17-9(5-2)16-11/h4-7,13H2,1-3H3,(H,14,19)(H2,15,16,17,18). The van der Waals surface area contributed by atoms with Gasteiger partial charge in [-0.05, 0) is 13.3 Å². The normalized spacial score (nSPS) is 10.1. The maximum atomic E-state index is 11.5. The number of nitrogen functional groups attached to an aromatic ring is 1. The number of amides is 1. The van der Waals surface area contributed by atoms with Crippen LogP contribution in [-0.4, -0.2) is 29.0 Å². The van der Waals surface area contributed by atoms with Gasteiger partial charge in [0.2, 0.25) is 5.91 Å². The molecule has 0 saturated heterocycles. The summed E-state index contributed by atoms with van der Waals surface area (Å²) >= 11 is 0. The van der Waals surface area contributed by atoms with E-state index in [9.17, 15) is 4.79 Å². The molecule has 1 aromatic rings. The fourth-order valence-electron chi connectivity index (χ4n) is 1.52. The number of nitrogens with zero attached hydrogens (tertiary/aromatic N) is 2. The fourth-order valence-corrected chi connectivity index (χ4v) is 1.52. The Morgan fingerprint density at radius 2 is 1.95 bits per heavy atom. The number of nitrogens with one attached hydrogen (secondary N) is 3. The van der Waals surface area contributed by atoms with Crippen LogP contribution in [0.5, 0.6) is 0 Å². The Labute approximate surface area is 113 Å².